The van der Waals surface area contributed by atoms with E-state index < -0.39 is 0 Å². The molecule has 2 aromatic heterocycles. The fourth-order valence-electron chi connectivity index (χ4n) is 4.56. The van der Waals surface area contributed by atoms with Crippen LogP contribution in [0.15, 0.2) is 41.2 Å². The summed E-state index contributed by atoms with van der Waals surface area (Å²) in [6, 6.07) is 11.3. The maximum Gasteiger partial charge on any atom is 0.270 e. The molecule has 8 nitrogen and oxygen atoms in total. The van der Waals surface area contributed by atoms with Gasteiger partial charge in [0.1, 0.15) is 11.5 Å². The monoisotopic (exact) mass is 447 g/mol. The molecule has 4 rings (SSSR count). The van der Waals surface area contributed by atoms with E-state index in [1.54, 1.807) is 44.0 Å². The zero-order chi connectivity index (χ0) is 23.7. The van der Waals surface area contributed by atoms with Crippen LogP contribution >= 0.6 is 0 Å². The lowest BCUT2D eigenvalue weighted by Crippen LogP contribution is -2.56. The molecule has 3 heterocycles. The van der Waals surface area contributed by atoms with Gasteiger partial charge < -0.3 is 23.8 Å². The summed E-state index contributed by atoms with van der Waals surface area (Å²) >= 11 is 0. The van der Waals surface area contributed by atoms with E-state index in [0.29, 0.717) is 11.3 Å². The van der Waals surface area contributed by atoms with Crippen molar-refractivity contribution in [1.82, 2.24) is 14.5 Å². The average Bonchev–Trinajstić information content (AvgIpc) is 2.83. The molecule has 0 amide bonds. The van der Waals surface area contributed by atoms with E-state index in [1.807, 2.05) is 18.2 Å². The Kier molecular flexibility index (Phi) is 6.25. The van der Waals surface area contributed by atoms with Crippen molar-refractivity contribution in [2.75, 3.05) is 32.2 Å². The second-order valence-corrected chi connectivity index (χ2v) is 8.53. The van der Waals surface area contributed by atoms with Crippen molar-refractivity contribution in [3.05, 3.63) is 63.7 Å². The van der Waals surface area contributed by atoms with Crippen molar-refractivity contribution in [2.24, 2.45) is 7.05 Å². The van der Waals surface area contributed by atoms with Crippen LogP contribution < -0.4 is 19.9 Å². The molecular weight excluding hydrogens is 418 g/mol. The van der Waals surface area contributed by atoms with Gasteiger partial charge in [0.15, 0.2) is 0 Å². The second kappa shape index (κ2) is 9.12. The minimum Gasteiger partial charge on any atom is -0.497 e. The Hall–Kier alpha value is -3.57. The van der Waals surface area contributed by atoms with Crippen molar-refractivity contribution in [3.63, 3.8) is 0 Å². The largest absolute Gasteiger partial charge is 0.497 e. The van der Waals surface area contributed by atoms with Crippen LogP contribution in [0.4, 0.5) is 11.5 Å². The zero-order valence-electron chi connectivity index (χ0n) is 19.7. The highest BCUT2D eigenvalue weighted by Crippen LogP contribution is 2.32. The van der Waals surface area contributed by atoms with Crippen LogP contribution in [-0.4, -0.2) is 53.8 Å². The Morgan fingerprint density at radius 2 is 1.88 bits per heavy atom. The quantitative estimate of drug-likeness (QED) is 0.557. The molecule has 0 unspecified atom stereocenters. The van der Waals surface area contributed by atoms with Gasteiger partial charge in [-0.15, -0.1) is 4.98 Å². The van der Waals surface area contributed by atoms with E-state index in [2.05, 4.69) is 33.5 Å². The number of aryl methyl sites for hydroxylation is 1. The van der Waals surface area contributed by atoms with Gasteiger partial charge in [0.2, 0.25) is 5.52 Å². The number of methoxy groups -OCH3 is 2. The maximum absolute atomic E-state index is 12.7. The minimum absolute atomic E-state index is 0.0849. The number of piperazine rings is 1. The average molecular weight is 448 g/mol. The second-order valence-electron chi connectivity index (χ2n) is 8.53. The number of nitrogens with zero attached hydrogens (tertiary/aromatic N) is 5. The number of rotatable bonds is 5. The highest BCUT2D eigenvalue weighted by atomic mass is 16.5. The molecule has 1 fully saturated rings. The van der Waals surface area contributed by atoms with Gasteiger partial charge in [0, 0.05) is 50.4 Å². The molecule has 33 heavy (non-hydrogen) atoms. The van der Waals surface area contributed by atoms with Crippen LogP contribution in [0.3, 0.4) is 0 Å². The molecule has 0 spiro atoms. The standard InChI is InChI=1S/C25H29N5O3/c1-16-14-30(21-12-24(31)28(4)20-8-10-23(26-3)27-25(20)21)17(2)13-29(16)15-18-11-19(32-5)7-9-22(18)33-6/h7-12,16-17H,13-15H2,1-2,4-6H3/t16-,17+/m1/s1. The molecule has 3 aromatic rings. The molecule has 1 saturated heterocycles. The Bertz CT molecular complexity index is 1280. The summed E-state index contributed by atoms with van der Waals surface area (Å²) in [5, 5.41) is 0. The summed E-state index contributed by atoms with van der Waals surface area (Å²) in [6.45, 7) is 14.0. The third kappa shape index (κ3) is 4.24. The van der Waals surface area contributed by atoms with E-state index in [0.717, 1.165) is 47.9 Å². The molecule has 0 bridgehead atoms. The molecule has 0 saturated carbocycles. The van der Waals surface area contributed by atoms with Crippen molar-refractivity contribution < 1.29 is 9.47 Å². The molecule has 0 N–H and O–H groups in total. The van der Waals surface area contributed by atoms with Gasteiger partial charge in [-0.25, -0.2) is 0 Å². The van der Waals surface area contributed by atoms with Crippen LogP contribution in [0.1, 0.15) is 19.4 Å². The summed E-state index contributed by atoms with van der Waals surface area (Å²) in [6.07, 6.45) is 0. The maximum atomic E-state index is 12.7. The van der Waals surface area contributed by atoms with Gasteiger partial charge in [0.05, 0.1) is 25.4 Å². The smallest absolute Gasteiger partial charge is 0.270 e. The van der Waals surface area contributed by atoms with Crippen molar-refractivity contribution in [2.45, 2.75) is 32.5 Å². The van der Waals surface area contributed by atoms with Crippen LogP contribution in [0.2, 0.25) is 0 Å². The van der Waals surface area contributed by atoms with E-state index in [-0.39, 0.29) is 17.6 Å². The predicted octanol–water partition coefficient (Wildman–Crippen LogP) is 3.60. The summed E-state index contributed by atoms with van der Waals surface area (Å²) < 4.78 is 12.6. The lowest BCUT2D eigenvalue weighted by atomic mass is 10.0. The Labute approximate surface area is 193 Å². The first-order valence-electron chi connectivity index (χ1n) is 11.0. The molecule has 0 aliphatic carbocycles. The van der Waals surface area contributed by atoms with Gasteiger partial charge in [-0.2, -0.15) is 0 Å². The third-order valence-corrected chi connectivity index (χ3v) is 6.45. The number of ether oxygens (including phenoxy) is 2. The molecule has 1 aliphatic rings. The number of benzene rings is 1. The van der Waals surface area contributed by atoms with Gasteiger partial charge in [-0.3, -0.25) is 9.69 Å². The Morgan fingerprint density at radius 3 is 2.58 bits per heavy atom. The molecule has 1 aliphatic heterocycles. The summed E-state index contributed by atoms with van der Waals surface area (Å²) in [7, 11) is 5.08. The molecular formula is C25H29N5O3. The van der Waals surface area contributed by atoms with E-state index in [1.165, 1.54) is 0 Å². The van der Waals surface area contributed by atoms with Crippen molar-refractivity contribution in [3.8, 4) is 11.5 Å². The molecule has 8 heteroatoms. The molecule has 1 aromatic carbocycles. The number of fused-ring (bicyclic) bond motifs is 1. The van der Waals surface area contributed by atoms with Crippen molar-refractivity contribution >= 4 is 22.5 Å². The zero-order valence-corrected chi connectivity index (χ0v) is 19.7. The third-order valence-electron chi connectivity index (χ3n) is 6.45. The fourth-order valence-corrected chi connectivity index (χ4v) is 4.56. The SMILES string of the molecule is [C-]#[N+]c1ccc2c(n1)c(N1C[C@@H](C)N(Cc3cc(OC)ccc3OC)C[C@@H]1C)cc(=O)n2C. The van der Waals surface area contributed by atoms with Crippen LogP contribution in [-0.2, 0) is 13.6 Å². The topological polar surface area (TPSA) is 64.2 Å². The summed E-state index contributed by atoms with van der Waals surface area (Å²) in [4.78, 5) is 25.4. The van der Waals surface area contributed by atoms with Gasteiger partial charge >= 0.3 is 0 Å². The number of aromatic nitrogens is 2. The summed E-state index contributed by atoms with van der Waals surface area (Å²) in [5.41, 5.74) is 3.20. The number of pyridine rings is 2. The Balaban J connectivity index is 1.66. The molecule has 2 atom stereocenters. The molecule has 172 valence electrons. The number of anilines is 1. The number of hydrogen-bond acceptors (Lipinski definition) is 6. The van der Waals surface area contributed by atoms with Crippen LogP contribution in [0.5, 0.6) is 11.5 Å². The number of hydrogen-bond donors (Lipinski definition) is 0. The first kappa shape index (κ1) is 22.6. The van der Waals surface area contributed by atoms with Crippen molar-refractivity contribution in [1.29, 1.82) is 0 Å². The predicted molar refractivity (Wildman–Crippen MR) is 129 cm³/mol. The first-order valence-corrected chi connectivity index (χ1v) is 11.0. The first-order chi connectivity index (χ1) is 15.9. The highest BCUT2D eigenvalue weighted by Gasteiger charge is 2.32. The summed E-state index contributed by atoms with van der Waals surface area (Å²) in [5.74, 6) is 1.97. The minimum atomic E-state index is -0.0849. The lowest BCUT2D eigenvalue weighted by molar-refractivity contribution is 0.156. The van der Waals surface area contributed by atoms with Gasteiger partial charge in [-0.05, 0) is 44.2 Å². The van der Waals surface area contributed by atoms with E-state index in [4.69, 9.17) is 16.0 Å². The lowest BCUT2D eigenvalue weighted by Gasteiger charge is -2.45. The van der Waals surface area contributed by atoms with Crippen LogP contribution in [0.25, 0.3) is 15.9 Å². The normalized spacial score (nSPS) is 18.8. The van der Waals surface area contributed by atoms with Gasteiger partial charge in [-0.1, -0.05) is 6.57 Å². The van der Waals surface area contributed by atoms with E-state index in [9.17, 15) is 4.79 Å². The van der Waals surface area contributed by atoms with Gasteiger partial charge in [0.25, 0.3) is 11.4 Å². The van der Waals surface area contributed by atoms with E-state index >= 15 is 0 Å². The molecule has 0 radical (unpaired) electrons. The highest BCUT2D eigenvalue weighted by molar-refractivity contribution is 5.89. The van der Waals surface area contributed by atoms with Crippen LogP contribution in [0, 0.1) is 6.57 Å². The fraction of sp³-hybridized carbons (Fsp3) is 0.400. The Morgan fingerprint density at radius 1 is 1.09 bits per heavy atom.